The van der Waals surface area contributed by atoms with E-state index in [2.05, 4.69) is 27.2 Å². The summed E-state index contributed by atoms with van der Waals surface area (Å²) in [5.41, 5.74) is 1.07. The van der Waals surface area contributed by atoms with Crippen molar-refractivity contribution >= 4 is 0 Å². The first-order valence-electron chi connectivity index (χ1n) is 9.14. The van der Waals surface area contributed by atoms with Crippen LogP contribution in [0.3, 0.4) is 0 Å². The van der Waals surface area contributed by atoms with E-state index in [-0.39, 0.29) is 5.60 Å². The van der Waals surface area contributed by atoms with Gasteiger partial charge in [0.2, 0.25) is 0 Å². The van der Waals surface area contributed by atoms with Gasteiger partial charge in [0, 0.05) is 32.1 Å². The lowest BCUT2D eigenvalue weighted by Crippen LogP contribution is -2.43. The Kier molecular flexibility index (Phi) is 5.19. The number of hydrogen-bond donors (Lipinski definition) is 0. The molecule has 0 N–H and O–H groups in total. The molecule has 4 rings (SSSR count). The van der Waals surface area contributed by atoms with Crippen LogP contribution in [0.5, 0.6) is 5.75 Å². The second-order valence-electron chi connectivity index (χ2n) is 7.33. The SMILES string of the molecule is COc1ccc(CN2CCOC[C@]3(C[C@H](Cn4cnnc4)CO3)C2)cc1. The maximum absolute atomic E-state index is 6.29. The van der Waals surface area contributed by atoms with Crippen molar-refractivity contribution in [3.05, 3.63) is 42.5 Å². The summed E-state index contributed by atoms with van der Waals surface area (Å²) in [5.74, 6) is 1.36. The van der Waals surface area contributed by atoms with Crippen molar-refractivity contribution in [2.45, 2.75) is 25.1 Å². The van der Waals surface area contributed by atoms with E-state index < -0.39 is 0 Å². The smallest absolute Gasteiger partial charge is 0.119 e. The quantitative estimate of drug-likeness (QED) is 0.809. The molecule has 2 saturated heterocycles. The Morgan fingerprint density at radius 3 is 2.81 bits per heavy atom. The van der Waals surface area contributed by atoms with Gasteiger partial charge in [0.1, 0.15) is 24.0 Å². The highest BCUT2D eigenvalue weighted by molar-refractivity contribution is 5.27. The van der Waals surface area contributed by atoms with Gasteiger partial charge in [-0.05, 0) is 24.1 Å². The van der Waals surface area contributed by atoms with Crippen LogP contribution in [-0.2, 0) is 22.6 Å². The third-order valence-corrected chi connectivity index (χ3v) is 5.22. The van der Waals surface area contributed by atoms with Gasteiger partial charge in [0.25, 0.3) is 0 Å². The zero-order chi connectivity index (χ0) is 17.8. The Morgan fingerprint density at radius 1 is 1.23 bits per heavy atom. The molecule has 1 aromatic heterocycles. The molecule has 0 aliphatic carbocycles. The highest BCUT2D eigenvalue weighted by Gasteiger charge is 2.43. The molecule has 2 atom stereocenters. The maximum atomic E-state index is 6.29. The summed E-state index contributed by atoms with van der Waals surface area (Å²) in [5, 5.41) is 7.77. The molecule has 3 heterocycles. The summed E-state index contributed by atoms with van der Waals surface area (Å²) in [4.78, 5) is 2.44. The topological polar surface area (TPSA) is 61.6 Å². The third-order valence-electron chi connectivity index (χ3n) is 5.22. The Labute approximate surface area is 153 Å². The van der Waals surface area contributed by atoms with Gasteiger partial charge >= 0.3 is 0 Å². The molecule has 26 heavy (non-hydrogen) atoms. The summed E-state index contributed by atoms with van der Waals surface area (Å²) in [6.07, 6.45) is 4.54. The van der Waals surface area contributed by atoms with Crippen LogP contribution in [0.15, 0.2) is 36.9 Å². The molecule has 2 aliphatic heterocycles. The fraction of sp³-hybridized carbons (Fsp3) is 0.579. The second-order valence-corrected chi connectivity index (χ2v) is 7.33. The van der Waals surface area contributed by atoms with Crippen molar-refractivity contribution in [3.8, 4) is 5.75 Å². The fourth-order valence-electron chi connectivity index (χ4n) is 3.99. The summed E-state index contributed by atoms with van der Waals surface area (Å²) in [7, 11) is 1.69. The van der Waals surface area contributed by atoms with Crippen LogP contribution in [-0.4, -0.2) is 65.3 Å². The molecular weight excluding hydrogens is 332 g/mol. The number of ether oxygens (including phenoxy) is 3. The Hall–Kier alpha value is -1.96. The predicted molar refractivity (Wildman–Crippen MR) is 95.9 cm³/mol. The van der Waals surface area contributed by atoms with E-state index in [0.717, 1.165) is 51.6 Å². The minimum atomic E-state index is -0.207. The van der Waals surface area contributed by atoms with E-state index in [0.29, 0.717) is 12.5 Å². The number of nitrogens with zero attached hydrogens (tertiary/aromatic N) is 4. The molecular formula is C19H26N4O3. The summed E-state index contributed by atoms with van der Waals surface area (Å²) >= 11 is 0. The molecule has 0 bridgehead atoms. The maximum Gasteiger partial charge on any atom is 0.119 e. The van der Waals surface area contributed by atoms with Crippen LogP contribution in [0.4, 0.5) is 0 Å². The van der Waals surface area contributed by atoms with Gasteiger partial charge < -0.3 is 18.8 Å². The largest absolute Gasteiger partial charge is 0.497 e. The average molecular weight is 358 g/mol. The normalized spacial score (nSPS) is 26.9. The zero-order valence-electron chi connectivity index (χ0n) is 15.2. The molecule has 1 spiro atoms. The Balaban J connectivity index is 1.39. The van der Waals surface area contributed by atoms with Crippen LogP contribution < -0.4 is 4.74 Å². The molecule has 2 aliphatic rings. The first kappa shape index (κ1) is 17.5. The third kappa shape index (κ3) is 4.06. The van der Waals surface area contributed by atoms with Crippen LogP contribution in [0, 0.1) is 5.92 Å². The number of benzene rings is 1. The lowest BCUT2D eigenvalue weighted by atomic mass is 9.94. The molecule has 2 aromatic rings. The standard InChI is InChI=1S/C19H26N4O3/c1-24-18-4-2-16(3-5-18)9-22-6-7-25-13-19(12-22)8-17(11-26-19)10-23-14-20-21-15-23/h2-5,14-15,17H,6-13H2,1H3/t17-,19+/m1/s1. The lowest BCUT2D eigenvalue weighted by Gasteiger charge is -2.31. The van der Waals surface area contributed by atoms with Crippen molar-refractivity contribution in [1.82, 2.24) is 19.7 Å². The molecule has 1 aromatic carbocycles. The molecule has 0 unspecified atom stereocenters. The Morgan fingerprint density at radius 2 is 2.04 bits per heavy atom. The van der Waals surface area contributed by atoms with Crippen LogP contribution in [0.2, 0.25) is 0 Å². The van der Waals surface area contributed by atoms with Gasteiger partial charge in [0.05, 0.1) is 26.9 Å². The molecule has 2 fully saturated rings. The van der Waals surface area contributed by atoms with Gasteiger partial charge in [0.15, 0.2) is 0 Å². The average Bonchev–Trinajstić information content (AvgIpc) is 3.25. The minimum absolute atomic E-state index is 0.207. The van der Waals surface area contributed by atoms with Gasteiger partial charge in [-0.2, -0.15) is 0 Å². The number of rotatable bonds is 5. The van der Waals surface area contributed by atoms with Crippen LogP contribution in [0.1, 0.15) is 12.0 Å². The minimum Gasteiger partial charge on any atom is -0.497 e. The van der Waals surface area contributed by atoms with E-state index in [9.17, 15) is 0 Å². The van der Waals surface area contributed by atoms with Crippen LogP contribution >= 0.6 is 0 Å². The molecule has 0 amide bonds. The molecule has 7 nitrogen and oxygen atoms in total. The van der Waals surface area contributed by atoms with Crippen molar-refractivity contribution in [2.24, 2.45) is 5.92 Å². The zero-order valence-corrected chi connectivity index (χ0v) is 15.2. The Bertz CT molecular complexity index is 691. The van der Waals surface area contributed by atoms with E-state index in [4.69, 9.17) is 14.2 Å². The molecule has 0 radical (unpaired) electrons. The van der Waals surface area contributed by atoms with E-state index in [1.807, 2.05) is 16.7 Å². The van der Waals surface area contributed by atoms with Gasteiger partial charge in [-0.25, -0.2) is 0 Å². The summed E-state index contributed by atoms with van der Waals surface area (Å²) < 4.78 is 19.5. The number of methoxy groups -OCH3 is 1. The van der Waals surface area contributed by atoms with Gasteiger partial charge in [-0.15, -0.1) is 10.2 Å². The van der Waals surface area contributed by atoms with Gasteiger partial charge in [-0.3, -0.25) is 4.90 Å². The van der Waals surface area contributed by atoms with Crippen molar-refractivity contribution in [3.63, 3.8) is 0 Å². The highest BCUT2D eigenvalue weighted by Crippen LogP contribution is 2.34. The first-order valence-corrected chi connectivity index (χ1v) is 9.14. The number of aromatic nitrogens is 3. The van der Waals surface area contributed by atoms with Crippen molar-refractivity contribution in [1.29, 1.82) is 0 Å². The second kappa shape index (κ2) is 7.73. The monoisotopic (exact) mass is 358 g/mol. The molecule has 7 heteroatoms. The van der Waals surface area contributed by atoms with E-state index in [1.165, 1.54) is 5.56 Å². The predicted octanol–water partition coefficient (Wildman–Crippen LogP) is 1.59. The van der Waals surface area contributed by atoms with E-state index in [1.54, 1.807) is 19.8 Å². The summed E-state index contributed by atoms with van der Waals surface area (Å²) in [6.45, 7) is 5.80. The molecule has 140 valence electrons. The van der Waals surface area contributed by atoms with Crippen molar-refractivity contribution < 1.29 is 14.2 Å². The number of hydrogen-bond acceptors (Lipinski definition) is 6. The molecule has 0 saturated carbocycles. The lowest BCUT2D eigenvalue weighted by molar-refractivity contribution is -0.0563. The first-order chi connectivity index (χ1) is 12.7. The fourth-order valence-corrected chi connectivity index (χ4v) is 3.99. The highest BCUT2D eigenvalue weighted by atomic mass is 16.5. The summed E-state index contributed by atoms with van der Waals surface area (Å²) in [6, 6.07) is 8.28. The van der Waals surface area contributed by atoms with Crippen molar-refractivity contribution in [2.75, 3.05) is 40.0 Å². The van der Waals surface area contributed by atoms with Gasteiger partial charge in [-0.1, -0.05) is 12.1 Å². The van der Waals surface area contributed by atoms with E-state index >= 15 is 0 Å². The van der Waals surface area contributed by atoms with Crippen LogP contribution in [0.25, 0.3) is 0 Å².